The van der Waals surface area contributed by atoms with Crippen molar-refractivity contribution in [2.75, 3.05) is 30.8 Å². The minimum absolute atomic E-state index is 0.0451. The largest absolute Gasteiger partial charge is 0.486 e. The lowest BCUT2D eigenvalue weighted by atomic mass is 10.0. The molecule has 2 aliphatic rings. The third-order valence-electron chi connectivity index (χ3n) is 4.74. The normalized spacial score (nSPS) is 18.4. The van der Waals surface area contributed by atoms with Crippen LogP contribution in [0.4, 0.5) is 10.5 Å². The molecular formula is C20H23N3O3S. The van der Waals surface area contributed by atoms with Gasteiger partial charge >= 0.3 is 6.03 Å². The topological polar surface area (TPSA) is 63.7 Å². The van der Waals surface area contributed by atoms with Crippen molar-refractivity contribution >= 4 is 23.5 Å². The van der Waals surface area contributed by atoms with E-state index in [1.807, 2.05) is 35.2 Å². The molecule has 1 fully saturated rings. The lowest BCUT2D eigenvalue weighted by Gasteiger charge is -2.27. The van der Waals surface area contributed by atoms with Gasteiger partial charge in [-0.2, -0.15) is 0 Å². The van der Waals surface area contributed by atoms with E-state index in [-0.39, 0.29) is 12.1 Å². The van der Waals surface area contributed by atoms with Crippen LogP contribution in [0.1, 0.15) is 31.4 Å². The first kappa shape index (κ1) is 18.0. The number of thioether (sulfide) groups is 1. The molecular weight excluding hydrogens is 362 g/mol. The van der Waals surface area contributed by atoms with Crippen LogP contribution in [0, 0.1) is 0 Å². The molecule has 142 valence electrons. The number of fused-ring (bicyclic) bond motifs is 1. The summed E-state index contributed by atoms with van der Waals surface area (Å²) in [5.74, 6) is 2.51. The molecule has 3 heterocycles. The van der Waals surface area contributed by atoms with Gasteiger partial charge in [-0.15, -0.1) is 11.8 Å². The number of nitrogens with one attached hydrogen (secondary N) is 1. The molecule has 4 rings (SSSR count). The number of rotatable bonds is 4. The van der Waals surface area contributed by atoms with E-state index in [1.165, 1.54) is 0 Å². The van der Waals surface area contributed by atoms with E-state index in [0.29, 0.717) is 18.9 Å². The molecule has 0 bridgehead atoms. The summed E-state index contributed by atoms with van der Waals surface area (Å²) in [5, 5.41) is 3.94. The molecule has 1 aromatic carbocycles. The highest BCUT2D eigenvalue weighted by atomic mass is 32.2. The Morgan fingerprint density at radius 1 is 1.26 bits per heavy atom. The van der Waals surface area contributed by atoms with Gasteiger partial charge in [0, 0.05) is 6.54 Å². The third-order valence-corrected chi connectivity index (χ3v) is 5.57. The molecule has 0 aliphatic carbocycles. The second-order valence-corrected chi connectivity index (χ2v) is 7.79. The zero-order chi connectivity index (χ0) is 18.6. The van der Waals surface area contributed by atoms with E-state index in [9.17, 15) is 4.79 Å². The average molecular weight is 385 g/mol. The van der Waals surface area contributed by atoms with Gasteiger partial charge in [-0.25, -0.2) is 9.78 Å². The Morgan fingerprint density at radius 3 is 2.89 bits per heavy atom. The number of urea groups is 1. The maximum Gasteiger partial charge on any atom is 0.322 e. The van der Waals surface area contributed by atoms with Crippen LogP contribution in [-0.4, -0.2) is 41.4 Å². The van der Waals surface area contributed by atoms with Crippen LogP contribution in [0.15, 0.2) is 41.6 Å². The molecule has 1 saturated heterocycles. The van der Waals surface area contributed by atoms with Crippen molar-refractivity contribution in [1.29, 1.82) is 0 Å². The van der Waals surface area contributed by atoms with Gasteiger partial charge in [0.2, 0.25) is 0 Å². The standard InChI is InChI=1S/C20H23N3O3S/c1-2-27-19-8-6-15(13-21-19)22-20(24)23-9-3-4-16(23)14-5-7-17-18(12-14)26-11-10-25-17/h5-8,12-13,16H,2-4,9-11H2,1H3,(H,22,24)/t16-/m0/s1. The maximum atomic E-state index is 12.8. The van der Waals surface area contributed by atoms with Crippen molar-refractivity contribution in [2.24, 2.45) is 0 Å². The Morgan fingerprint density at radius 2 is 2.11 bits per heavy atom. The Hall–Kier alpha value is -2.41. The van der Waals surface area contributed by atoms with Crippen LogP contribution in [0.25, 0.3) is 0 Å². The molecule has 6 nitrogen and oxygen atoms in total. The minimum Gasteiger partial charge on any atom is -0.486 e. The molecule has 0 radical (unpaired) electrons. The first-order valence-corrected chi connectivity index (χ1v) is 10.3. The highest BCUT2D eigenvalue weighted by Gasteiger charge is 2.31. The molecule has 1 atom stereocenters. The predicted molar refractivity (Wildman–Crippen MR) is 106 cm³/mol. The van der Waals surface area contributed by atoms with Crippen molar-refractivity contribution in [3.8, 4) is 11.5 Å². The van der Waals surface area contributed by atoms with E-state index in [0.717, 1.165) is 47.2 Å². The fourth-order valence-corrected chi connectivity index (χ4v) is 4.09. The summed E-state index contributed by atoms with van der Waals surface area (Å²) in [4.78, 5) is 19.1. The fraction of sp³-hybridized carbons (Fsp3) is 0.400. The molecule has 0 spiro atoms. The molecule has 2 amide bonds. The van der Waals surface area contributed by atoms with Gasteiger partial charge in [-0.3, -0.25) is 0 Å². The van der Waals surface area contributed by atoms with Gasteiger partial charge in [0.25, 0.3) is 0 Å². The number of hydrogen-bond donors (Lipinski definition) is 1. The number of hydrogen-bond acceptors (Lipinski definition) is 5. The van der Waals surface area contributed by atoms with Crippen LogP contribution in [-0.2, 0) is 0 Å². The number of amides is 2. The van der Waals surface area contributed by atoms with E-state index in [1.54, 1.807) is 18.0 Å². The lowest BCUT2D eigenvalue weighted by Crippen LogP contribution is -2.34. The number of pyridine rings is 1. The Labute approximate surface area is 163 Å². The SMILES string of the molecule is CCSc1ccc(NC(=O)N2CCC[C@H]2c2ccc3c(c2)OCCO3)cn1. The Balaban J connectivity index is 1.46. The van der Waals surface area contributed by atoms with E-state index < -0.39 is 0 Å². The molecule has 2 aromatic rings. The highest BCUT2D eigenvalue weighted by Crippen LogP contribution is 2.38. The average Bonchev–Trinajstić information content (AvgIpc) is 3.19. The van der Waals surface area contributed by atoms with Crippen LogP contribution in [0.2, 0.25) is 0 Å². The van der Waals surface area contributed by atoms with Crippen molar-refractivity contribution in [2.45, 2.75) is 30.8 Å². The molecule has 0 saturated carbocycles. The number of anilines is 1. The molecule has 1 N–H and O–H groups in total. The summed E-state index contributed by atoms with van der Waals surface area (Å²) in [6.07, 6.45) is 3.64. The molecule has 7 heteroatoms. The smallest absolute Gasteiger partial charge is 0.322 e. The quantitative estimate of drug-likeness (QED) is 0.794. The zero-order valence-corrected chi connectivity index (χ0v) is 16.1. The molecule has 2 aliphatic heterocycles. The van der Waals surface area contributed by atoms with E-state index in [2.05, 4.69) is 17.2 Å². The van der Waals surface area contributed by atoms with Crippen molar-refractivity contribution in [3.63, 3.8) is 0 Å². The number of likely N-dealkylation sites (tertiary alicyclic amines) is 1. The number of aromatic nitrogens is 1. The molecule has 1 aromatic heterocycles. The summed E-state index contributed by atoms with van der Waals surface area (Å²) in [6.45, 7) is 3.97. The summed E-state index contributed by atoms with van der Waals surface area (Å²) in [6, 6.07) is 9.76. The van der Waals surface area contributed by atoms with Crippen LogP contribution >= 0.6 is 11.8 Å². The Bertz CT molecular complexity index is 813. The summed E-state index contributed by atoms with van der Waals surface area (Å²) in [5.41, 5.74) is 1.80. The number of benzene rings is 1. The molecule has 0 unspecified atom stereocenters. The van der Waals surface area contributed by atoms with Gasteiger partial charge < -0.3 is 19.7 Å². The molecule has 27 heavy (non-hydrogen) atoms. The van der Waals surface area contributed by atoms with Crippen molar-refractivity contribution < 1.29 is 14.3 Å². The van der Waals surface area contributed by atoms with Gasteiger partial charge in [0.1, 0.15) is 13.2 Å². The predicted octanol–water partition coefficient (Wildman–Crippen LogP) is 4.33. The maximum absolute atomic E-state index is 12.8. The van der Waals surface area contributed by atoms with Crippen LogP contribution in [0.3, 0.4) is 0 Å². The van der Waals surface area contributed by atoms with Gasteiger partial charge in [-0.1, -0.05) is 13.0 Å². The van der Waals surface area contributed by atoms with Crippen LogP contribution < -0.4 is 14.8 Å². The summed E-state index contributed by atoms with van der Waals surface area (Å²) in [7, 11) is 0. The summed E-state index contributed by atoms with van der Waals surface area (Å²) >= 11 is 1.68. The second kappa shape index (κ2) is 8.08. The van der Waals surface area contributed by atoms with Gasteiger partial charge in [0.05, 0.1) is 23.0 Å². The van der Waals surface area contributed by atoms with E-state index >= 15 is 0 Å². The third kappa shape index (κ3) is 3.98. The van der Waals surface area contributed by atoms with Crippen molar-refractivity contribution in [3.05, 3.63) is 42.1 Å². The Kier molecular flexibility index (Phi) is 5.38. The highest BCUT2D eigenvalue weighted by molar-refractivity contribution is 7.99. The second-order valence-electron chi connectivity index (χ2n) is 6.50. The van der Waals surface area contributed by atoms with Gasteiger partial charge in [-0.05, 0) is 48.4 Å². The number of ether oxygens (including phenoxy) is 2. The monoisotopic (exact) mass is 385 g/mol. The summed E-state index contributed by atoms with van der Waals surface area (Å²) < 4.78 is 11.3. The zero-order valence-electron chi connectivity index (χ0n) is 15.3. The first-order valence-electron chi connectivity index (χ1n) is 9.30. The fourth-order valence-electron chi connectivity index (χ4n) is 3.51. The van der Waals surface area contributed by atoms with Gasteiger partial charge in [0.15, 0.2) is 11.5 Å². The number of carbonyl (C=O) groups is 1. The van der Waals surface area contributed by atoms with Crippen LogP contribution in [0.5, 0.6) is 11.5 Å². The first-order chi connectivity index (χ1) is 13.2. The lowest BCUT2D eigenvalue weighted by molar-refractivity contribution is 0.170. The van der Waals surface area contributed by atoms with E-state index in [4.69, 9.17) is 9.47 Å². The number of nitrogens with zero attached hydrogens (tertiary/aromatic N) is 2. The van der Waals surface area contributed by atoms with Crippen molar-refractivity contribution in [1.82, 2.24) is 9.88 Å². The minimum atomic E-state index is -0.0925. The number of carbonyl (C=O) groups excluding carboxylic acids is 1.